The first-order valence-electron chi connectivity index (χ1n) is 12.8. The average molecular weight is 669 g/mol. The normalized spacial score (nSPS) is 12.8. The lowest BCUT2D eigenvalue weighted by molar-refractivity contribution is -0.140. The van der Waals surface area contributed by atoms with Gasteiger partial charge in [-0.05, 0) is 67.8 Å². The van der Waals surface area contributed by atoms with E-state index in [-0.39, 0.29) is 23.4 Å². The van der Waals surface area contributed by atoms with Crippen LogP contribution in [-0.2, 0) is 26.2 Å². The van der Waals surface area contributed by atoms with Gasteiger partial charge in [0.15, 0.2) is 0 Å². The van der Waals surface area contributed by atoms with Crippen molar-refractivity contribution in [2.75, 3.05) is 10.8 Å². The van der Waals surface area contributed by atoms with Crippen LogP contribution >= 0.6 is 39.1 Å². The van der Waals surface area contributed by atoms with Crippen LogP contribution in [-0.4, -0.2) is 43.8 Å². The summed E-state index contributed by atoms with van der Waals surface area (Å²) in [5.41, 5.74) is 0.954. The molecule has 2 atom stereocenters. The molecule has 3 aromatic carbocycles. The van der Waals surface area contributed by atoms with Gasteiger partial charge in [0.2, 0.25) is 11.8 Å². The smallest absolute Gasteiger partial charge is 0.264 e. The summed E-state index contributed by atoms with van der Waals surface area (Å²) < 4.78 is 29.4. The molecule has 0 unspecified atom stereocenters. The third-order valence-corrected chi connectivity index (χ3v) is 9.45. The van der Waals surface area contributed by atoms with Crippen LogP contribution in [0.25, 0.3) is 0 Å². The van der Waals surface area contributed by atoms with Gasteiger partial charge in [-0.3, -0.25) is 13.9 Å². The molecule has 0 aliphatic carbocycles. The topological polar surface area (TPSA) is 86.8 Å². The Hall–Kier alpha value is -2.59. The minimum atomic E-state index is -4.13. The number of halogens is 3. The lowest BCUT2D eigenvalue weighted by Crippen LogP contribution is -2.53. The number of anilines is 1. The van der Waals surface area contributed by atoms with Crippen LogP contribution in [0.5, 0.6) is 0 Å². The summed E-state index contributed by atoms with van der Waals surface area (Å²) in [5.74, 6) is -0.859. The minimum Gasteiger partial charge on any atom is -0.352 e. The van der Waals surface area contributed by atoms with Crippen molar-refractivity contribution in [1.82, 2.24) is 10.2 Å². The summed E-state index contributed by atoms with van der Waals surface area (Å²) in [6.07, 6.45) is 1.03. The molecule has 11 heteroatoms. The number of nitrogens with one attached hydrogen (secondary N) is 1. The highest BCUT2D eigenvalue weighted by Crippen LogP contribution is 2.28. The molecular weight excluding hydrogens is 637 g/mol. The van der Waals surface area contributed by atoms with Gasteiger partial charge >= 0.3 is 0 Å². The van der Waals surface area contributed by atoms with E-state index >= 15 is 0 Å². The van der Waals surface area contributed by atoms with E-state index in [0.29, 0.717) is 32.2 Å². The zero-order chi connectivity index (χ0) is 29.4. The molecule has 0 aliphatic heterocycles. The van der Waals surface area contributed by atoms with E-state index in [1.165, 1.54) is 17.0 Å². The molecule has 40 heavy (non-hydrogen) atoms. The van der Waals surface area contributed by atoms with Gasteiger partial charge in [0.25, 0.3) is 10.0 Å². The monoisotopic (exact) mass is 667 g/mol. The fourth-order valence-electron chi connectivity index (χ4n) is 4.07. The fourth-order valence-corrected chi connectivity index (χ4v) is 6.21. The van der Waals surface area contributed by atoms with E-state index in [0.717, 1.165) is 10.7 Å². The van der Waals surface area contributed by atoms with Crippen molar-refractivity contribution >= 4 is 66.7 Å². The van der Waals surface area contributed by atoms with Gasteiger partial charge in [-0.25, -0.2) is 8.42 Å². The number of hydrogen-bond donors (Lipinski definition) is 1. The minimum absolute atomic E-state index is 0.0276. The molecular formula is C29H32BrCl2N3O4S. The van der Waals surface area contributed by atoms with E-state index in [9.17, 15) is 18.0 Å². The van der Waals surface area contributed by atoms with Crippen molar-refractivity contribution in [2.24, 2.45) is 0 Å². The van der Waals surface area contributed by atoms with Crippen molar-refractivity contribution < 1.29 is 18.0 Å². The molecule has 0 aliphatic rings. The molecule has 0 spiro atoms. The first-order chi connectivity index (χ1) is 19.0. The summed E-state index contributed by atoms with van der Waals surface area (Å²) >= 11 is 15.7. The van der Waals surface area contributed by atoms with Crippen LogP contribution in [0.2, 0.25) is 10.0 Å². The number of carbonyl (C=O) groups is 2. The first-order valence-corrected chi connectivity index (χ1v) is 15.8. The molecule has 0 radical (unpaired) electrons. The Balaban J connectivity index is 2.07. The highest BCUT2D eigenvalue weighted by molar-refractivity contribution is 9.10. The van der Waals surface area contributed by atoms with Crippen molar-refractivity contribution in [3.63, 3.8) is 0 Å². The van der Waals surface area contributed by atoms with Gasteiger partial charge in [-0.1, -0.05) is 83.3 Å². The van der Waals surface area contributed by atoms with Gasteiger partial charge in [0, 0.05) is 17.1 Å². The van der Waals surface area contributed by atoms with Crippen LogP contribution in [0.15, 0.2) is 82.2 Å². The van der Waals surface area contributed by atoms with Crippen LogP contribution in [0.3, 0.4) is 0 Å². The highest BCUT2D eigenvalue weighted by atomic mass is 79.9. The lowest BCUT2D eigenvalue weighted by Gasteiger charge is -2.33. The molecule has 214 valence electrons. The zero-order valence-electron chi connectivity index (χ0n) is 22.5. The lowest BCUT2D eigenvalue weighted by atomic mass is 10.1. The maximum atomic E-state index is 14.1. The Morgan fingerprint density at radius 2 is 1.62 bits per heavy atom. The number of rotatable bonds is 12. The molecule has 3 aromatic rings. The van der Waals surface area contributed by atoms with Crippen LogP contribution in [0.4, 0.5) is 5.69 Å². The average Bonchev–Trinajstić information content (AvgIpc) is 2.93. The van der Waals surface area contributed by atoms with E-state index in [4.69, 9.17) is 23.2 Å². The van der Waals surface area contributed by atoms with Gasteiger partial charge < -0.3 is 10.2 Å². The maximum absolute atomic E-state index is 14.1. The number of benzene rings is 3. The second-order valence-corrected chi connectivity index (χ2v) is 12.9. The quantitative estimate of drug-likeness (QED) is 0.234. The van der Waals surface area contributed by atoms with Crippen LogP contribution in [0, 0.1) is 0 Å². The predicted octanol–water partition coefficient (Wildman–Crippen LogP) is 6.67. The van der Waals surface area contributed by atoms with Crippen molar-refractivity contribution in [3.8, 4) is 0 Å². The van der Waals surface area contributed by atoms with Gasteiger partial charge in [-0.15, -0.1) is 0 Å². The van der Waals surface area contributed by atoms with Gasteiger partial charge in [0.1, 0.15) is 12.6 Å². The second-order valence-electron chi connectivity index (χ2n) is 9.32. The maximum Gasteiger partial charge on any atom is 0.264 e. The second kappa shape index (κ2) is 14.3. The Kier molecular flexibility index (Phi) is 11.5. The molecule has 0 saturated heterocycles. The third kappa shape index (κ3) is 8.00. The number of carbonyl (C=O) groups excluding carboxylic acids is 2. The largest absolute Gasteiger partial charge is 0.352 e. The summed E-state index contributed by atoms with van der Waals surface area (Å²) in [4.78, 5) is 28.9. The third-order valence-electron chi connectivity index (χ3n) is 6.43. The van der Waals surface area contributed by atoms with Crippen LogP contribution in [0.1, 0.15) is 39.2 Å². The molecule has 0 heterocycles. The molecule has 2 amide bonds. The zero-order valence-corrected chi connectivity index (χ0v) is 26.4. The van der Waals surface area contributed by atoms with Crippen molar-refractivity contribution in [3.05, 3.63) is 92.9 Å². The van der Waals surface area contributed by atoms with Gasteiger partial charge in [0.05, 0.1) is 20.6 Å². The Morgan fingerprint density at radius 3 is 2.23 bits per heavy atom. The van der Waals surface area contributed by atoms with Crippen LogP contribution < -0.4 is 9.62 Å². The number of hydrogen-bond acceptors (Lipinski definition) is 4. The number of amides is 2. The number of sulfonamides is 1. The molecule has 7 nitrogen and oxygen atoms in total. The van der Waals surface area contributed by atoms with Crippen molar-refractivity contribution in [1.29, 1.82) is 0 Å². The highest BCUT2D eigenvalue weighted by Gasteiger charge is 2.34. The van der Waals surface area contributed by atoms with E-state index in [1.54, 1.807) is 60.7 Å². The van der Waals surface area contributed by atoms with Gasteiger partial charge in [-0.2, -0.15) is 0 Å². The van der Waals surface area contributed by atoms with E-state index in [2.05, 4.69) is 21.2 Å². The summed E-state index contributed by atoms with van der Waals surface area (Å²) in [5, 5.41) is 3.62. The standard InChI is InChI=1S/C29H32BrCl2N3O4S/c1-4-20(3)33-29(37)27(5-2)34(18-21-14-15-25(31)26(32)16-21)28(36)19-35(23-11-9-10-22(30)17-23)40(38,39)24-12-7-6-8-13-24/h6-17,20,27H,4-5,18-19H2,1-3H3,(H,33,37)/t20-,27+/m1/s1. The SMILES string of the molecule is CC[C@@H](C)NC(=O)[C@H](CC)N(Cc1ccc(Cl)c(Cl)c1)C(=O)CN(c1cccc(Br)c1)S(=O)(=O)c1ccccc1. The Labute approximate surface area is 254 Å². The molecule has 0 fully saturated rings. The van der Waals surface area contributed by atoms with Crippen molar-refractivity contribution in [2.45, 2.75) is 57.1 Å². The summed E-state index contributed by atoms with van der Waals surface area (Å²) in [7, 11) is -4.13. The molecule has 0 bridgehead atoms. The summed E-state index contributed by atoms with van der Waals surface area (Å²) in [6, 6.07) is 18.7. The predicted molar refractivity (Wildman–Crippen MR) is 164 cm³/mol. The molecule has 0 aromatic heterocycles. The van der Waals surface area contributed by atoms with E-state index < -0.39 is 28.5 Å². The van der Waals surface area contributed by atoms with E-state index in [1.807, 2.05) is 20.8 Å². The first kappa shape index (κ1) is 31.9. The fraction of sp³-hybridized carbons (Fsp3) is 0.310. The summed E-state index contributed by atoms with van der Waals surface area (Å²) in [6.45, 7) is 5.15. The number of nitrogens with zero attached hydrogens (tertiary/aromatic N) is 2. The molecule has 0 saturated carbocycles. The molecule has 3 rings (SSSR count). The molecule has 1 N–H and O–H groups in total. The Morgan fingerprint density at radius 1 is 0.925 bits per heavy atom. The Bertz CT molecular complexity index is 1440.